The third-order valence-corrected chi connectivity index (χ3v) is 2.67. The molecule has 0 fully saturated rings. The molecule has 1 amide bonds. The molecular weight excluding hydrogens is 305 g/mol. The molecule has 1 aromatic carbocycles. The molecule has 0 aliphatic heterocycles. The highest BCUT2D eigenvalue weighted by Gasteiger charge is 2.25. The largest absolute Gasteiger partial charge is 0.389 e. The summed E-state index contributed by atoms with van der Waals surface area (Å²) in [6.45, 7) is -0.414. The zero-order valence-corrected chi connectivity index (χ0v) is 11.9. The van der Waals surface area contributed by atoms with Gasteiger partial charge < -0.3 is 15.8 Å². The first-order valence-electron chi connectivity index (χ1n) is 6.12. The van der Waals surface area contributed by atoms with Gasteiger partial charge in [-0.3, -0.25) is 4.79 Å². The smallest absolute Gasteiger partial charge is 0.389 e. The van der Waals surface area contributed by atoms with Gasteiger partial charge in [0, 0.05) is 24.3 Å². The normalized spacial score (nSPS) is 11.2. The Hall–Kier alpha value is -1.67. The first-order chi connectivity index (χ1) is 9.78. The molecule has 0 atom stereocenters. The molecule has 116 valence electrons. The number of nitrogens with two attached hydrogens (primary N) is 1. The maximum atomic E-state index is 11.9. The maximum Gasteiger partial charge on any atom is 0.389 e. The highest BCUT2D eigenvalue weighted by Crippen LogP contribution is 2.20. The topological polar surface area (TPSA) is 64.3 Å². The molecule has 0 bridgehead atoms. The summed E-state index contributed by atoms with van der Waals surface area (Å²) in [6, 6.07) is 6.55. The van der Waals surface area contributed by atoms with Crippen LogP contribution in [0.1, 0.15) is 18.4 Å². The van der Waals surface area contributed by atoms with E-state index in [-0.39, 0.29) is 24.6 Å². The van der Waals surface area contributed by atoms with Crippen LogP contribution in [0, 0.1) is 0 Å². The van der Waals surface area contributed by atoms with Crippen LogP contribution in [0.5, 0.6) is 0 Å². The number of benzene rings is 1. The minimum absolute atomic E-state index is 0.118. The highest BCUT2D eigenvalue weighted by atomic mass is 32.1. The summed E-state index contributed by atoms with van der Waals surface area (Å²) in [6.07, 6.45) is -5.29. The zero-order valence-electron chi connectivity index (χ0n) is 11.1. The van der Waals surface area contributed by atoms with Gasteiger partial charge in [-0.25, -0.2) is 0 Å². The van der Waals surface area contributed by atoms with E-state index in [0.717, 1.165) is 0 Å². The van der Waals surface area contributed by atoms with Crippen LogP contribution < -0.4 is 11.1 Å². The number of rotatable bonds is 7. The lowest BCUT2D eigenvalue weighted by Crippen LogP contribution is -2.19. The van der Waals surface area contributed by atoms with Crippen molar-refractivity contribution in [2.24, 2.45) is 5.73 Å². The van der Waals surface area contributed by atoms with Crippen LogP contribution in [0.2, 0.25) is 0 Å². The van der Waals surface area contributed by atoms with E-state index in [4.69, 9.17) is 22.7 Å². The van der Waals surface area contributed by atoms with Crippen molar-refractivity contribution >= 4 is 28.8 Å². The Morgan fingerprint density at radius 1 is 1.29 bits per heavy atom. The summed E-state index contributed by atoms with van der Waals surface area (Å²) in [5, 5.41) is 2.54. The number of carbonyl (C=O) groups excluding carboxylic acids is 1. The van der Waals surface area contributed by atoms with Crippen molar-refractivity contribution in [3.05, 3.63) is 29.8 Å². The zero-order chi connectivity index (χ0) is 15.9. The molecule has 8 heteroatoms. The van der Waals surface area contributed by atoms with Crippen molar-refractivity contribution in [3.63, 3.8) is 0 Å². The third kappa shape index (κ3) is 7.62. The lowest BCUT2D eigenvalue weighted by molar-refractivity contribution is -0.138. The molecule has 0 saturated heterocycles. The van der Waals surface area contributed by atoms with Gasteiger partial charge in [0.15, 0.2) is 0 Å². The van der Waals surface area contributed by atoms with Crippen molar-refractivity contribution in [2.75, 3.05) is 18.5 Å². The monoisotopic (exact) mass is 320 g/mol. The van der Waals surface area contributed by atoms with Crippen molar-refractivity contribution in [1.82, 2.24) is 0 Å². The fourth-order valence-electron chi connectivity index (χ4n) is 1.45. The molecule has 0 saturated carbocycles. The minimum Gasteiger partial charge on any atom is -0.389 e. The van der Waals surface area contributed by atoms with Gasteiger partial charge in [-0.15, -0.1) is 0 Å². The fraction of sp³-hybridized carbons (Fsp3) is 0.385. The lowest BCUT2D eigenvalue weighted by atomic mass is 10.2. The SMILES string of the molecule is NC(=S)c1ccc(NC(=O)COCCCC(F)(F)F)cc1. The van der Waals surface area contributed by atoms with Gasteiger partial charge in [0.05, 0.1) is 0 Å². The molecule has 0 heterocycles. The molecule has 0 aliphatic rings. The number of ether oxygens (including phenoxy) is 1. The number of hydrogen-bond acceptors (Lipinski definition) is 3. The fourth-order valence-corrected chi connectivity index (χ4v) is 1.59. The van der Waals surface area contributed by atoms with Crippen molar-refractivity contribution < 1.29 is 22.7 Å². The number of alkyl halides is 3. The van der Waals surface area contributed by atoms with Crippen molar-refractivity contribution in [3.8, 4) is 0 Å². The Morgan fingerprint density at radius 2 is 1.90 bits per heavy atom. The molecule has 4 nitrogen and oxygen atoms in total. The second-order valence-electron chi connectivity index (χ2n) is 4.26. The van der Waals surface area contributed by atoms with Crippen molar-refractivity contribution in [2.45, 2.75) is 19.0 Å². The summed E-state index contributed by atoms with van der Waals surface area (Å²) < 4.78 is 40.5. The van der Waals surface area contributed by atoms with Gasteiger partial charge in [-0.05, 0) is 30.7 Å². The summed E-state index contributed by atoms with van der Waals surface area (Å²) in [7, 11) is 0. The summed E-state index contributed by atoms with van der Waals surface area (Å²) in [5.41, 5.74) is 6.63. The second kappa shape index (κ2) is 7.94. The molecule has 0 aromatic heterocycles. The van der Waals surface area contributed by atoms with E-state index in [1.165, 1.54) is 0 Å². The van der Waals surface area contributed by atoms with Gasteiger partial charge in [-0.2, -0.15) is 13.2 Å². The third-order valence-electron chi connectivity index (χ3n) is 2.44. The molecule has 1 rings (SSSR count). The molecule has 0 unspecified atom stereocenters. The van der Waals surface area contributed by atoms with Gasteiger partial charge in [-0.1, -0.05) is 12.2 Å². The van der Waals surface area contributed by atoms with E-state index < -0.39 is 18.5 Å². The average Bonchev–Trinajstić information content (AvgIpc) is 2.37. The van der Waals surface area contributed by atoms with Gasteiger partial charge in [0.1, 0.15) is 11.6 Å². The van der Waals surface area contributed by atoms with E-state index in [1.807, 2.05) is 0 Å². The van der Waals surface area contributed by atoms with Crippen molar-refractivity contribution in [1.29, 1.82) is 0 Å². The number of nitrogens with one attached hydrogen (secondary N) is 1. The molecule has 21 heavy (non-hydrogen) atoms. The second-order valence-corrected chi connectivity index (χ2v) is 4.70. The predicted molar refractivity (Wildman–Crippen MR) is 77.1 cm³/mol. The Bertz CT molecular complexity index is 489. The van der Waals surface area contributed by atoms with Crippen LogP contribution in [0.25, 0.3) is 0 Å². The predicted octanol–water partition coefficient (Wildman–Crippen LogP) is 2.62. The number of thiocarbonyl (C=S) groups is 1. The number of amides is 1. The molecule has 1 aromatic rings. The first-order valence-corrected chi connectivity index (χ1v) is 6.53. The molecule has 0 spiro atoms. The summed E-state index contributed by atoms with van der Waals surface area (Å²) in [5.74, 6) is -0.440. The number of anilines is 1. The Kier molecular flexibility index (Phi) is 6.57. The van der Waals surface area contributed by atoms with E-state index in [0.29, 0.717) is 11.3 Å². The standard InChI is InChI=1S/C13H15F3N2O2S/c14-13(15,16)6-1-7-20-8-11(19)18-10-4-2-9(3-5-10)12(17)21/h2-5H,1,6-8H2,(H2,17,21)(H,18,19). The number of hydrogen-bond donors (Lipinski definition) is 2. The van der Waals surface area contributed by atoms with E-state index >= 15 is 0 Å². The van der Waals surface area contributed by atoms with Gasteiger partial charge in [0.2, 0.25) is 5.91 Å². The summed E-state index contributed by atoms with van der Waals surface area (Å²) >= 11 is 4.79. The molecule has 0 aliphatic carbocycles. The first kappa shape index (κ1) is 17.4. The van der Waals surface area contributed by atoms with Crippen LogP contribution in [0.4, 0.5) is 18.9 Å². The van der Waals surface area contributed by atoms with Crippen LogP contribution in [-0.4, -0.2) is 30.3 Å². The number of halogens is 3. The minimum atomic E-state index is -4.20. The van der Waals surface area contributed by atoms with E-state index in [2.05, 4.69) is 5.32 Å². The van der Waals surface area contributed by atoms with E-state index in [9.17, 15) is 18.0 Å². The van der Waals surface area contributed by atoms with Crippen LogP contribution in [0.15, 0.2) is 24.3 Å². The molecule has 0 radical (unpaired) electrons. The van der Waals surface area contributed by atoms with Gasteiger partial charge in [0.25, 0.3) is 0 Å². The maximum absolute atomic E-state index is 11.9. The van der Waals surface area contributed by atoms with E-state index in [1.54, 1.807) is 24.3 Å². The van der Waals surface area contributed by atoms with Crippen LogP contribution in [-0.2, 0) is 9.53 Å². The molecule has 3 N–H and O–H groups in total. The Morgan fingerprint density at radius 3 is 2.43 bits per heavy atom. The van der Waals surface area contributed by atoms with Gasteiger partial charge >= 0.3 is 6.18 Å². The van der Waals surface area contributed by atoms with Crippen LogP contribution in [0.3, 0.4) is 0 Å². The van der Waals surface area contributed by atoms with Crippen LogP contribution >= 0.6 is 12.2 Å². The Balaban J connectivity index is 2.26. The quantitative estimate of drug-likeness (QED) is 0.599. The number of carbonyl (C=O) groups is 1. The lowest BCUT2D eigenvalue weighted by Gasteiger charge is -2.08. The highest BCUT2D eigenvalue weighted by molar-refractivity contribution is 7.80. The Labute approximate surface area is 125 Å². The average molecular weight is 320 g/mol. The molecular formula is C13H15F3N2O2S. The summed E-state index contributed by atoms with van der Waals surface area (Å²) in [4.78, 5) is 11.7.